The summed E-state index contributed by atoms with van der Waals surface area (Å²) in [5.74, 6) is 0.989. The third kappa shape index (κ3) is 4.31. The standard InChI is InChI=1S/C26H35N3O4/c1-5-22(30)27-24-20-9-7-8-10-21(20)26(25(24)32-6-2)13-15-29(16-14-26)23(31)12-11-19-17(3)28-33-18(19)4/h7-10,24-25H,5-6,11-16H2,1-4H3,(H,27,30)/t24-,25+/m1/s1. The van der Waals surface area contributed by atoms with Gasteiger partial charge >= 0.3 is 0 Å². The number of hydrogen-bond donors (Lipinski definition) is 1. The molecule has 2 amide bonds. The summed E-state index contributed by atoms with van der Waals surface area (Å²) in [4.78, 5) is 27.3. The number of aryl methyl sites for hydroxylation is 2. The fourth-order valence-corrected chi connectivity index (χ4v) is 5.68. The largest absolute Gasteiger partial charge is 0.375 e. The van der Waals surface area contributed by atoms with Crippen molar-refractivity contribution in [2.75, 3.05) is 19.7 Å². The molecule has 7 heteroatoms. The highest BCUT2D eigenvalue weighted by atomic mass is 16.5. The Morgan fingerprint density at radius 3 is 2.58 bits per heavy atom. The number of aromatic nitrogens is 1. The van der Waals surface area contributed by atoms with Crippen LogP contribution >= 0.6 is 0 Å². The highest BCUT2D eigenvalue weighted by Gasteiger charge is 2.54. The number of nitrogens with zero attached hydrogens (tertiary/aromatic N) is 2. The van der Waals surface area contributed by atoms with E-state index in [2.05, 4.69) is 28.7 Å². The van der Waals surface area contributed by atoms with Gasteiger partial charge in [0.05, 0.1) is 17.8 Å². The first-order valence-corrected chi connectivity index (χ1v) is 12.1. The van der Waals surface area contributed by atoms with Crippen LogP contribution in [-0.2, 0) is 26.2 Å². The molecule has 2 heterocycles. The van der Waals surface area contributed by atoms with Crippen molar-refractivity contribution in [3.8, 4) is 0 Å². The van der Waals surface area contributed by atoms with Crippen molar-refractivity contribution in [3.63, 3.8) is 0 Å². The zero-order chi connectivity index (χ0) is 23.6. The molecular formula is C26H35N3O4. The van der Waals surface area contributed by atoms with Crippen LogP contribution in [0.4, 0.5) is 0 Å². The van der Waals surface area contributed by atoms with E-state index in [-0.39, 0.29) is 29.4 Å². The van der Waals surface area contributed by atoms with Crippen LogP contribution in [0.15, 0.2) is 28.8 Å². The zero-order valence-corrected chi connectivity index (χ0v) is 20.1. The monoisotopic (exact) mass is 453 g/mol. The summed E-state index contributed by atoms with van der Waals surface area (Å²) >= 11 is 0. The molecule has 0 unspecified atom stereocenters. The van der Waals surface area contributed by atoms with E-state index >= 15 is 0 Å². The number of carbonyl (C=O) groups excluding carboxylic acids is 2. The highest BCUT2D eigenvalue weighted by molar-refractivity contribution is 5.77. The Morgan fingerprint density at radius 1 is 1.21 bits per heavy atom. The van der Waals surface area contributed by atoms with Crippen LogP contribution in [0.3, 0.4) is 0 Å². The molecule has 1 aromatic heterocycles. The summed E-state index contributed by atoms with van der Waals surface area (Å²) in [6.07, 6.45) is 3.06. The van der Waals surface area contributed by atoms with E-state index in [9.17, 15) is 9.59 Å². The SMILES string of the molecule is CCO[C@H]1[C@H](NC(=O)CC)c2ccccc2C12CCN(C(=O)CCc1c(C)noc1C)CC2. The van der Waals surface area contributed by atoms with Crippen molar-refractivity contribution in [2.24, 2.45) is 0 Å². The number of rotatable bonds is 7. The Morgan fingerprint density at radius 2 is 1.94 bits per heavy atom. The van der Waals surface area contributed by atoms with Gasteiger partial charge in [0, 0.05) is 43.5 Å². The lowest BCUT2D eigenvalue weighted by Crippen LogP contribution is -2.52. The molecule has 2 aliphatic rings. The van der Waals surface area contributed by atoms with E-state index in [4.69, 9.17) is 9.26 Å². The lowest BCUT2D eigenvalue weighted by Gasteiger charge is -2.44. The van der Waals surface area contributed by atoms with Gasteiger partial charge < -0.3 is 19.5 Å². The smallest absolute Gasteiger partial charge is 0.222 e. The van der Waals surface area contributed by atoms with Gasteiger partial charge in [-0.3, -0.25) is 9.59 Å². The molecule has 0 saturated carbocycles. The van der Waals surface area contributed by atoms with Crippen LogP contribution in [0.2, 0.25) is 0 Å². The number of hydrogen-bond acceptors (Lipinski definition) is 5. The van der Waals surface area contributed by atoms with Crippen LogP contribution in [0, 0.1) is 13.8 Å². The van der Waals surface area contributed by atoms with Crippen LogP contribution in [0.25, 0.3) is 0 Å². The van der Waals surface area contributed by atoms with E-state index in [1.54, 1.807) is 0 Å². The minimum atomic E-state index is -0.198. The van der Waals surface area contributed by atoms with E-state index < -0.39 is 0 Å². The maximum absolute atomic E-state index is 13.0. The van der Waals surface area contributed by atoms with Crippen LogP contribution in [0.5, 0.6) is 0 Å². The summed E-state index contributed by atoms with van der Waals surface area (Å²) in [5, 5.41) is 7.20. The maximum atomic E-state index is 13.0. The fraction of sp³-hybridized carbons (Fsp3) is 0.577. The molecule has 178 valence electrons. The first-order valence-electron chi connectivity index (χ1n) is 12.1. The van der Waals surface area contributed by atoms with Gasteiger partial charge in [0.1, 0.15) is 5.76 Å². The highest BCUT2D eigenvalue weighted by Crippen LogP contribution is 2.52. The molecule has 33 heavy (non-hydrogen) atoms. The molecule has 1 fully saturated rings. The Hall–Kier alpha value is -2.67. The molecule has 7 nitrogen and oxygen atoms in total. The van der Waals surface area contributed by atoms with Gasteiger partial charge in [-0.2, -0.15) is 0 Å². The molecule has 1 aliphatic carbocycles. The quantitative estimate of drug-likeness (QED) is 0.690. The van der Waals surface area contributed by atoms with E-state index in [0.717, 1.165) is 35.4 Å². The van der Waals surface area contributed by atoms with Crippen molar-refractivity contribution in [1.82, 2.24) is 15.4 Å². The number of ether oxygens (including phenoxy) is 1. The normalized spacial score (nSPS) is 21.3. The van der Waals surface area contributed by atoms with Crippen LogP contribution < -0.4 is 5.32 Å². The van der Waals surface area contributed by atoms with E-state index in [0.29, 0.717) is 39.0 Å². The van der Waals surface area contributed by atoms with Gasteiger partial charge in [0.2, 0.25) is 11.8 Å². The number of likely N-dealkylation sites (tertiary alicyclic amines) is 1. The maximum Gasteiger partial charge on any atom is 0.222 e. The van der Waals surface area contributed by atoms with Gasteiger partial charge in [-0.05, 0) is 51.2 Å². The summed E-state index contributed by atoms with van der Waals surface area (Å²) in [5.41, 5.74) is 4.10. The molecule has 0 radical (unpaired) electrons. The lowest BCUT2D eigenvalue weighted by molar-refractivity contribution is -0.134. The van der Waals surface area contributed by atoms with E-state index in [1.807, 2.05) is 38.7 Å². The molecule has 4 rings (SSSR count). The Kier molecular flexibility index (Phi) is 6.88. The van der Waals surface area contributed by atoms with Gasteiger partial charge in [-0.25, -0.2) is 0 Å². The second kappa shape index (κ2) is 9.67. The number of nitrogens with one attached hydrogen (secondary N) is 1. The van der Waals surface area contributed by atoms with E-state index in [1.165, 1.54) is 5.56 Å². The minimum absolute atomic E-state index is 0.0310. The molecule has 0 bridgehead atoms. The predicted octanol–water partition coefficient (Wildman–Crippen LogP) is 3.77. The molecule has 2 atom stereocenters. The molecule has 1 saturated heterocycles. The summed E-state index contributed by atoms with van der Waals surface area (Å²) < 4.78 is 11.6. The summed E-state index contributed by atoms with van der Waals surface area (Å²) in [6.45, 7) is 9.64. The second-order valence-electron chi connectivity index (χ2n) is 9.20. The van der Waals surface area contributed by atoms with Crippen molar-refractivity contribution < 1.29 is 18.8 Å². The molecule has 1 aliphatic heterocycles. The predicted molar refractivity (Wildman–Crippen MR) is 125 cm³/mol. The van der Waals surface area contributed by atoms with Crippen molar-refractivity contribution in [3.05, 3.63) is 52.4 Å². The first kappa shape index (κ1) is 23.5. The first-order chi connectivity index (χ1) is 15.9. The number of fused-ring (bicyclic) bond motifs is 2. The average Bonchev–Trinajstić information content (AvgIpc) is 3.27. The molecule has 2 aromatic rings. The fourth-order valence-electron chi connectivity index (χ4n) is 5.68. The number of carbonyl (C=O) groups is 2. The Labute approximate surface area is 195 Å². The second-order valence-corrected chi connectivity index (χ2v) is 9.20. The Bertz CT molecular complexity index is 987. The van der Waals surface area contributed by atoms with Crippen LogP contribution in [0.1, 0.15) is 73.7 Å². The van der Waals surface area contributed by atoms with Gasteiger partial charge in [0.15, 0.2) is 0 Å². The minimum Gasteiger partial charge on any atom is -0.375 e. The van der Waals surface area contributed by atoms with Gasteiger partial charge in [0.25, 0.3) is 0 Å². The summed E-state index contributed by atoms with van der Waals surface area (Å²) in [7, 11) is 0. The van der Waals surface area contributed by atoms with Crippen LogP contribution in [-0.4, -0.2) is 47.7 Å². The zero-order valence-electron chi connectivity index (χ0n) is 20.1. The topological polar surface area (TPSA) is 84.7 Å². The van der Waals surface area contributed by atoms with Crippen molar-refractivity contribution in [1.29, 1.82) is 0 Å². The van der Waals surface area contributed by atoms with Crippen molar-refractivity contribution in [2.45, 2.75) is 77.4 Å². The summed E-state index contributed by atoms with van der Waals surface area (Å²) in [6, 6.07) is 8.22. The van der Waals surface area contributed by atoms with Crippen molar-refractivity contribution >= 4 is 11.8 Å². The average molecular weight is 454 g/mol. The molecule has 1 N–H and O–H groups in total. The lowest BCUT2D eigenvalue weighted by atomic mass is 9.71. The molecular weight excluding hydrogens is 418 g/mol. The third-order valence-corrected chi connectivity index (χ3v) is 7.44. The van der Waals surface area contributed by atoms with Gasteiger partial charge in [-0.1, -0.05) is 36.3 Å². The number of benzene rings is 1. The third-order valence-electron chi connectivity index (χ3n) is 7.44. The van der Waals surface area contributed by atoms with Gasteiger partial charge in [-0.15, -0.1) is 0 Å². The molecule has 1 aromatic carbocycles. The molecule has 1 spiro atoms. The number of amides is 2. The Balaban J connectivity index is 1.50. The number of piperidine rings is 1.